The first-order valence-electron chi connectivity index (χ1n) is 9.68. The molecule has 3 N–H and O–H groups in total. The van der Waals surface area contributed by atoms with E-state index in [-0.39, 0.29) is 6.04 Å². The molecule has 1 saturated heterocycles. The van der Waals surface area contributed by atoms with Gasteiger partial charge in [0, 0.05) is 6.54 Å². The number of rotatable bonds is 7. The van der Waals surface area contributed by atoms with Crippen molar-refractivity contribution in [1.82, 2.24) is 10.2 Å². The summed E-state index contributed by atoms with van der Waals surface area (Å²) in [7, 11) is 1.70. The Bertz CT molecular complexity index is 547. The average molecular weight is 345 g/mol. The minimum absolute atomic E-state index is 0.287. The van der Waals surface area contributed by atoms with Crippen molar-refractivity contribution in [2.45, 2.75) is 44.6 Å². The maximum Gasteiger partial charge on any atom is 0.188 e. The van der Waals surface area contributed by atoms with Gasteiger partial charge in [0.15, 0.2) is 5.96 Å². The molecule has 2 fully saturated rings. The first-order chi connectivity index (χ1) is 12.3. The highest BCUT2D eigenvalue weighted by Gasteiger charge is 2.22. The second-order valence-electron chi connectivity index (χ2n) is 7.29. The number of nitrogens with two attached hydrogens (primary N) is 1. The molecule has 138 valence electrons. The van der Waals surface area contributed by atoms with Gasteiger partial charge in [-0.2, -0.15) is 0 Å². The Morgan fingerprint density at radius 3 is 2.52 bits per heavy atom. The minimum Gasteiger partial charge on any atom is -0.497 e. The summed E-state index contributed by atoms with van der Waals surface area (Å²) in [5.41, 5.74) is 7.39. The predicted molar refractivity (Wildman–Crippen MR) is 103 cm³/mol. The van der Waals surface area contributed by atoms with Crippen LogP contribution in [0.4, 0.5) is 0 Å². The van der Waals surface area contributed by atoms with Crippen LogP contribution in [-0.4, -0.2) is 44.1 Å². The summed E-state index contributed by atoms with van der Waals surface area (Å²) < 4.78 is 5.29. The maximum atomic E-state index is 6.10. The molecule has 1 atom stereocenters. The summed E-state index contributed by atoms with van der Waals surface area (Å²) in [4.78, 5) is 7.21. The van der Waals surface area contributed by atoms with Crippen molar-refractivity contribution in [2.75, 3.05) is 33.3 Å². The molecular formula is C20H32N4O. The number of hydrogen-bond acceptors (Lipinski definition) is 3. The third-order valence-corrected chi connectivity index (χ3v) is 5.56. The van der Waals surface area contributed by atoms with Crippen LogP contribution in [-0.2, 0) is 0 Å². The molecule has 0 bridgehead atoms. The van der Waals surface area contributed by atoms with Gasteiger partial charge in [-0.1, -0.05) is 25.0 Å². The molecule has 3 rings (SSSR count). The van der Waals surface area contributed by atoms with Crippen LogP contribution < -0.4 is 15.8 Å². The Hall–Kier alpha value is -1.75. The van der Waals surface area contributed by atoms with E-state index < -0.39 is 0 Å². The summed E-state index contributed by atoms with van der Waals surface area (Å²) in [5, 5.41) is 3.30. The zero-order chi connectivity index (χ0) is 17.5. The van der Waals surface area contributed by atoms with Gasteiger partial charge in [-0.05, 0) is 62.4 Å². The maximum absolute atomic E-state index is 6.10. The van der Waals surface area contributed by atoms with E-state index in [0.717, 1.165) is 31.3 Å². The smallest absolute Gasteiger partial charge is 0.188 e. The summed E-state index contributed by atoms with van der Waals surface area (Å²) in [5.74, 6) is 2.27. The van der Waals surface area contributed by atoms with Crippen LogP contribution in [0, 0.1) is 5.92 Å². The van der Waals surface area contributed by atoms with Crippen LogP contribution in [0.3, 0.4) is 0 Å². The fourth-order valence-electron chi connectivity index (χ4n) is 3.67. The number of piperidine rings is 1. The molecule has 0 spiro atoms. The first kappa shape index (κ1) is 18.1. The van der Waals surface area contributed by atoms with E-state index in [9.17, 15) is 0 Å². The largest absolute Gasteiger partial charge is 0.497 e. The van der Waals surface area contributed by atoms with E-state index in [2.05, 4.69) is 27.3 Å². The van der Waals surface area contributed by atoms with Crippen LogP contribution in [0.5, 0.6) is 5.75 Å². The fourth-order valence-corrected chi connectivity index (χ4v) is 3.67. The molecule has 25 heavy (non-hydrogen) atoms. The minimum atomic E-state index is 0.287. The molecule has 1 aromatic carbocycles. The van der Waals surface area contributed by atoms with Crippen LogP contribution in [0.2, 0.25) is 0 Å². The molecule has 1 unspecified atom stereocenters. The number of nitrogens with one attached hydrogen (secondary N) is 1. The van der Waals surface area contributed by atoms with Gasteiger partial charge in [-0.3, -0.25) is 9.89 Å². The van der Waals surface area contributed by atoms with Crippen molar-refractivity contribution >= 4 is 5.96 Å². The molecule has 2 aliphatic rings. The molecule has 1 aliphatic carbocycles. The van der Waals surface area contributed by atoms with E-state index in [1.165, 1.54) is 44.1 Å². The van der Waals surface area contributed by atoms with Gasteiger partial charge in [0.25, 0.3) is 0 Å². The Morgan fingerprint density at radius 2 is 1.92 bits per heavy atom. The highest BCUT2D eigenvalue weighted by Crippen LogP contribution is 2.27. The second kappa shape index (κ2) is 9.09. The van der Waals surface area contributed by atoms with E-state index in [1.807, 2.05) is 12.1 Å². The number of benzene rings is 1. The van der Waals surface area contributed by atoms with Crippen LogP contribution in [0.1, 0.15) is 50.1 Å². The van der Waals surface area contributed by atoms with Gasteiger partial charge in [0.1, 0.15) is 5.75 Å². The number of ether oxygens (including phenoxy) is 1. The van der Waals surface area contributed by atoms with Crippen molar-refractivity contribution in [3.8, 4) is 5.75 Å². The van der Waals surface area contributed by atoms with Gasteiger partial charge in [0.05, 0.1) is 19.7 Å². The lowest BCUT2D eigenvalue weighted by Crippen LogP contribution is -2.39. The van der Waals surface area contributed by atoms with E-state index in [0.29, 0.717) is 12.5 Å². The van der Waals surface area contributed by atoms with Gasteiger partial charge >= 0.3 is 0 Å². The van der Waals surface area contributed by atoms with Gasteiger partial charge in [0.2, 0.25) is 0 Å². The summed E-state index contributed by atoms with van der Waals surface area (Å²) in [6.45, 7) is 3.95. The number of nitrogens with zero attached hydrogens (tertiary/aromatic N) is 2. The summed E-state index contributed by atoms with van der Waals surface area (Å²) >= 11 is 0. The molecule has 0 amide bonds. The normalized spacial score (nSPS) is 20.8. The molecule has 1 aliphatic heterocycles. The van der Waals surface area contributed by atoms with E-state index in [1.54, 1.807) is 7.11 Å². The van der Waals surface area contributed by atoms with Crippen molar-refractivity contribution in [1.29, 1.82) is 0 Å². The number of methoxy groups -OCH3 is 1. The van der Waals surface area contributed by atoms with E-state index in [4.69, 9.17) is 10.5 Å². The lowest BCUT2D eigenvalue weighted by molar-refractivity contribution is 0.167. The SMILES string of the molecule is COc1ccc(C(CN=C(N)NCC2CCC2)N2CCCCC2)cc1. The third-order valence-electron chi connectivity index (χ3n) is 5.56. The number of likely N-dealkylation sites (tertiary alicyclic amines) is 1. The number of guanidine groups is 1. The first-order valence-corrected chi connectivity index (χ1v) is 9.68. The molecule has 0 radical (unpaired) electrons. The monoisotopic (exact) mass is 344 g/mol. The van der Waals surface area contributed by atoms with Crippen LogP contribution >= 0.6 is 0 Å². The quantitative estimate of drug-likeness (QED) is 0.590. The van der Waals surface area contributed by atoms with Gasteiger partial charge in [-0.25, -0.2) is 0 Å². The highest BCUT2D eigenvalue weighted by molar-refractivity contribution is 5.77. The van der Waals surface area contributed by atoms with Crippen molar-refractivity contribution in [3.63, 3.8) is 0 Å². The standard InChI is InChI=1S/C20H32N4O/c1-25-18-10-8-17(9-11-18)19(24-12-3-2-4-13-24)15-23-20(21)22-14-16-6-5-7-16/h8-11,16,19H,2-7,12-15H2,1H3,(H3,21,22,23). The fraction of sp³-hybridized carbons (Fsp3) is 0.650. The zero-order valence-corrected chi connectivity index (χ0v) is 15.4. The predicted octanol–water partition coefficient (Wildman–Crippen LogP) is 2.93. The Morgan fingerprint density at radius 1 is 1.20 bits per heavy atom. The molecule has 1 aromatic rings. The molecule has 1 saturated carbocycles. The van der Waals surface area contributed by atoms with Crippen molar-refractivity contribution in [3.05, 3.63) is 29.8 Å². The number of hydrogen-bond donors (Lipinski definition) is 2. The summed E-state index contributed by atoms with van der Waals surface area (Å²) in [6, 6.07) is 8.68. The highest BCUT2D eigenvalue weighted by atomic mass is 16.5. The number of aliphatic imine (C=N–C) groups is 1. The Labute approximate surface area is 151 Å². The van der Waals surface area contributed by atoms with Crippen LogP contribution in [0.25, 0.3) is 0 Å². The van der Waals surface area contributed by atoms with Gasteiger partial charge in [-0.15, -0.1) is 0 Å². The lowest BCUT2D eigenvalue weighted by Gasteiger charge is -2.34. The lowest BCUT2D eigenvalue weighted by atomic mass is 9.85. The topological polar surface area (TPSA) is 62.9 Å². The Balaban J connectivity index is 1.64. The zero-order valence-electron chi connectivity index (χ0n) is 15.4. The molecule has 5 nitrogen and oxygen atoms in total. The Kier molecular flexibility index (Phi) is 6.56. The second-order valence-corrected chi connectivity index (χ2v) is 7.29. The molecule has 5 heteroatoms. The molecule has 1 heterocycles. The van der Waals surface area contributed by atoms with Crippen LogP contribution in [0.15, 0.2) is 29.3 Å². The molecular weight excluding hydrogens is 312 g/mol. The summed E-state index contributed by atoms with van der Waals surface area (Å²) in [6.07, 6.45) is 7.88. The van der Waals surface area contributed by atoms with E-state index >= 15 is 0 Å². The van der Waals surface area contributed by atoms with Crippen molar-refractivity contribution in [2.24, 2.45) is 16.6 Å². The average Bonchev–Trinajstić information content (AvgIpc) is 2.62. The molecule has 0 aromatic heterocycles. The van der Waals surface area contributed by atoms with Crippen molar-refractivity contribution < 1.29 is 4.74 Å². The third kappa shape index (κ3) is 5.11. The van der Waals surface area contributed by atoms with Gasteiger partial charge < -0.3 is 15.8 Å².